The quantitative estimate of drug-likeness (QED) is 0.0732. The summed E-state index contributed by atoms with van der Waals surface area (Å²) < 4.78 is 482. The van der Waals surface area contributed by atoms with E-state index in [0.29, 0.717) is 0 Å². The van der Waals surface area contributed by atoms with Crippen LogP contribution in [-0.4, -0.2) is 114 Å². The van der Waals surface area contributed by atoms with Crippen LogP contribution in [0.25, 0.3) is 0 Å². The molecule has 0 aliphatic rings. The lowest BCUT2D eigenvalue weighted by Gasteiger charge is -2.47. The van der Waals surface area contributed by atoms with Crippen molar-refractivity contribution in [1.82, 2.24) is 0 Å². The summed E-state index contributed by atoms with van der Waals surface area (Å²) in [6.45, 7) is 1.87. The van der Waals surface area contributed by atoms with Crippen molar-refractivity contribution in [3.8, 4) is 0 Å². The van der Waals surface area contributed by atoms with Crippen molar-refractivity contribution in [2.75, 3.05) is 6.61 Å². The summed E-state index contributed by atoms with van der Waals surface area (Å²) in [4.78, 5) is 11.2. The van der Waals surface area contributed by atoms with E-state index in [4.69, 9.17) is 0 Å². The zero-order valence-corrected chi connectivity index (χ0v) is 26.7. The number of hydrogen-bond acceptors (Lipinski definition) is 2. The SMILES string of the molecule is C=C(CC(F)(F)C(F)(F)C(F)(F)C(F)(F)C(F)(F)C(F)(F)C(F)(F)C(F)(F)C(F)(F)C(F)(F)C(F)(F)C(F)(F)C(F)(F)C(F)(F)C(F)(F)C(F)(F)C(F)(F)F)C(=O)OCC. The highest BCUT2D eigenvalue weighted by Gasteiger charge is 3.02. The number of hydrogen-bond donors (Lipinski definition) is 0. The van der Waals surface area contributed by atoms with Gasteiger partial charge in [-0.3, -0.25) is 0 Å². The second kappa shape index (κ2) is 14.4. The van der Waals surface area contributed by atoms with Crippen LogP contribution in [0.2, 0.25) is 0 Å². The second-order valence-corrected chi connectivity index (χ2v) is 11.3. The van der Waals surface area contributed by atoms with Crippen molar-refractivity contribution in [1.29, 1.82) is 0 Å². The predicted molar refractivity (Wildman–Crippen MR) is 116 cm³/mol. The second-order valence-electron chi connectivity index (χ2n) is 11.3. The third-order valence-corrected chi connectivity index (χ3v) is 7.34. The summed E-state index contributed by atoms with van der Waals surface area (Å²) in [5, 5.41) is 0. The Morgan fingerprint density at radius 1 is 0.333 bits per heavy atom. The molecule has 0 rings (SSSR count). The fourth-order valence-corrected chi connectivity index (χ4v) is 3.66. The third-order valence-electron chi connectivity index (χ3n) is 7.34. The summed E-state index contributed by atoms with van der Waals surface area (Å²) in [5.74, 6) is -157. The Labute approximate surface area is 303 Å². The molecule has 0 aliphatic heterocycles. The van der Waals surface area contributed by atoms with E-state index in [-0.39, 0.29) is 0 Å². The van der Waals surface area contributed by atoms with Gasteiger partial charge in [-0.15, -0.1) is 0 Å². The minimum Gasteiger partial charge on any atom is -0.463 e. The third kappa shape index (κ3) is 6.78. The van der Waals surface area contributed by atoms with Crippen LogP contribution >= 0.6 is 0 Å². The van der Waals surface area contributed by atoms with Crippen molar-refractivity contribution in [3.05, 3.63) is 12.2 Å². The molecule has 0 unspecified atom stereocenters. The van der Waals surface area contributed by atoms with Crippen LogP contribution in [-0.2, 0) is 9.53 Å². The van der Waals surface area contributed by atoms with E-state index < -0.39 is 126 Å². The van der Waals surface area contributed by atoms with E-state index in [1.165, 1.54) is 0 Å². The van der Waals surface area contributed by atoms with Gasteiger partial charge in [0.2, 0.25) is 0 Å². The highest BCUT2D eigenvalue weighted by atomic mass is 19.4. The molecular weight excluding hydrogens is 973 g/mol. The number of alkyl halides is 35. The number of carbonyl (C=O) groups excluding carboxylic acids is 1. The van der Waals surface area contributed by atoms with Gasteiger partial charge < -0.3 is 4.74 Å². The van der Waals surface area contributed by atoms with Crippen molar-refractivity contribution in [2.45, 2.75) is 114 Å². The van der Waals surface area contributed by atoms with Crippen LogP contribution in [0.5, 0.6) is 0 Å². The zero-order chi connectivity index (χ0) is 49.8. The highest BCUT2D eigenvalue weighted by Crippen LogP contribution is 2.70. The van der Waals surface area contributed by atoms with E-state index in [9.17, 15) is 158 Å². The molecule has 358 valence electrons. The maximum Gasteiger partial charge on any atom is 0.460 e. The Kier molecular flexibility index (Phi) is 13.6. The van der Waals surface area contributed by atoms with Gasteiger partial charge in [-0.1, -0.05) is 6.58 Å². The van der Waals surface area contributed by atoms with Crippen molar-refractivity contribution >= 4 is 5.97 Å². The molecular formula is C23H9F35O2. The van der Waals surface area contributed by atoms with E-state index in [2.05, 4.69) is 11.3 Å². The molecule has 60 heavy (non-hydrogen) atoms. The maximum absolute atomic E-state index is 14.0. The minimum absolute atomic E-state index is 0.744. The average Bonchev–Trinajstić information content (AvgIpc) is 3.02. The van der Waals surface area contributed by atoms with Crippen molar-refractivity contribution in [2.24, 2.45) is 0 Å². The Hall–Kier alpha value is -3.24. The molecule has 0 spiro atoms. The molecule has 0 amide bonds. The first-order chi connectivity index (χ1) is 25.4. The van der Waals surface area contributed by atoms with Crippen molar-refractivity contribution in [3.63, 3.8) is 0 Å². The number of halogens is 35. The van der Waals surface area contributed by atoms with Gasteiger partial charge in [0.15, 0.2) is 0 Å². The molecule has 0 aromatic heterocycles. The smallest absolute Gasteiger partial charge is 0.460 e. The molecule has 0 aromatic carbocycles. The normalized spacial score (nSPS) is 16.6. The fourth-order valence-electron chi connectivity index (χ4n) is 3.66. The molecule has 0 aromatic rings. The minimum atomic E-state index is -10.4. The topological polar surface area (TPSA) is 26.3 Å². The first-order valence-corrected chi connectivity index (χ1v) is 13.3. The Bertz CT molecular complexity index is 1600. The van der Waals surface area contributed by atoms with Crippen LogP contribution in [0, 0.1) is 0 Å². The average molecular weight is 982 g/mol. The predicted octanol–water partition coefficient (Wildman–Crippen LogP) is 12.2. The molecule has 0 heterocycles. The molecule has 0 saturated carbocycles. The monoisotopic (exact) mass is 982 g/mol. The summed E-state index contributed by atoms with van der Waals surface area (Å²) in [5.41, 5.74) is -2.27. The van der Waals surface area contributed by atoms with E-state index in [0.717, 1.165) is 6.92 Å². The molecule has 0 radical (unpaired) electrons. The first kappa shape index (κ1) is 56.8. The fraction of sp³-hybridized carbons (Fsp3) is 0.870. The van der Waals surface area contributed by atoms with Crippen LogP contribution in [0.15, 0.2) is 12.2 Å². The lowest BCUT2D eigenvalue weighted by Crippen LogP contribution is -2.80. The molecule has 0 saturated heterocycles. The van der Waals surface area contributed by atoms with Gasteiger partial charge in [0.05, 0.1) is 6.61 Å². The van der Waals surface area contributed by atoms with Crippen LogP contribution in [0.3, 0.4) is 0 Å². The van der Waals surface area contributed by atoms with E-state index in [1.807, 2.05) is 0 Å². The lowest BCUT2D eigenvalue weighted by molar-refractivity contribution is -0.492. The maximum atomic E-state index is 14.0. The van der Waals surface area contributed by atoms with Crippen LogP contribution in [0.1, 0.15) is 13.3 Å². The first-order valence-electron chi connectivity index (χ1n) is 13.3. The lowest BCUT2D eigenvalue weighted by atomic mass is 9.82. The van der Waals surface area contributed by atoms with Crippen LogP contribution < -0.4 is 0 Å². The molecule has 0 N–H and O–H groups in total. The summed E-state index contributed by atoms with van der Waals surface area (Å²) >= 11 is 0. The van der Waals surface area contributed by atoms with Gasteiger partial charge in [-0.05, 0) is 6.92 Å². The number of esters is 1. The van der Waals surface area contributed by atoms with E-state index in [1.54, 1.807) is 0 Å². The largest absolute Gasteiger partial charge is 0.463 e. The Morgan fingerprint density at radius 2 is 0.500 bits per heavy atom. The standard InChI is InChI=1S/C23H9F35O2/c1-3-60-6(59)5(2)4-7(24,25)8(26,27)9(28,29)10(30,31)11(32,33)12(34,35)13(36,37)14(38,39)15(40,41)16(42,43)17(44,45)18(46,47)19(48,49)20(50,51)21(52,53)22(54,55)23(56,57)58/h2-4H2,1H3. The molecule has 0 bridgehead atoms. The van der Waals surface area contributed by atoms with Gasteiger partial charge >= 0.3 is 107 Å². The molecule has 0 aliphatic carbocycles. The van der Waals surface area contributed by atoms with Gasteiger partial charge in [0.25, 0.3) is 0 Å². The van der Waals surface area contributed by atoms with Gasteiger partial charge in [0, 0.05) is 12.0 Å². The Balaban J connectivity index is 7.75. The van der Waals surface area contributed by atoms with Crippen molar-refractivity contribution < 1.29 is 163 Å². The molecule has 0 fully saturated rings. The molecule has 37 heteroatoms. The summed E-state index contributed by atoms with van der Waals surface area (Å²) in [7, 11) is 0. The summed E-state index contributed by atoms with van der Waals surface area (Å²) in [6.07, 6.45) is -12.0. The van der Waals surface area contributed by atoms with Gasteiger partial charge in [-0.2, -0.15) is 154 Å². The van der Waals surface area contributed by atoms with Gasteiger partial charge in [-0.25, -0.2) is 4.79 Å². The molecule has 2 nitrogen and oxygen atoms in total. The highest BCUT2D eigenvalue weighted by molar-refractivity contribution is 5.87. The number of rotatable bonds is 19. The molecule has 0 atom stereocenters. The van der Waals surface area contributed by atoms with Gasteiger partial charge in [0.1, 0.15) is 0 Å². The number of ether oxygens (including phenoxy) is 1. The Morgan fingerprint density at radius 3 is 0.667 bits per heavy atom. The number of carbonyl (C=O) groups is 1. The van der Waals surface area contributed by atoms with Crippen LogP contribution in [0.4, 0.5) is 154 Å². The van der Waals surface area contributed by atoms with E-state index >= 15 is 0 Å². The summed E-state index contributed by atoms with van der Waals surface area (Å²) in [6, 6.07) is 0. The zero-order valence-electron chi connectivity index (χ0n) is 26.7.